The van der Waals surface area contributed by atoms with Crippen LogP contribution >= 0.6 is 51.2 Å². The highest BCUT2D eigenvalue weighted by atomic mass is 127. The van der Waals surface area contributed by atoms with Gasteiger partial charge in [-0.2, -0.15) is 0 Å². The number of aliphatic imine (C=N–C) groups is 1. The van der Waals surface area contributed by atoms with Gasteiger partial charge in [0.1, 0.15) is 0 Å². The number of hydrogen-bond donors (Lipinski definition) is 2. The summed E-state index contributed by atoms with van der Waals surface area (Å²) in [7, 11) is 3.21. The second-order valence-electron chi connectivity index (χ2n) is 5.26. The van der Waals surface area contributed by atoms with Gasteiger partial charge in [0.25, 0.3) is 0 Å². The Balaban J connectivity index is 0.00000208. The number of nitrogens with two attached hydrogens (primary N) is 1. The molecule has 0 aliphatic heterocycles. The lowest BCUT2D eigenvalue weighted by atomic mass is 10.3. The molecule has 0 saturated heterocycles. The molecule has 0 unspecified atom stereocenters. The van der Waals surface area contributed by atoms with E-state index in [-0.39, 0.29) is 30.0 Å². The lowest BCUT2D eigenvalue weighted by Crippen LogP contribution is -2.23. The first kappa shape index (κ1) is 19.3. The van der Waals surface area contributed by atoms with Gasteiger partial charge < -0.3 is 20.5 Å². The topological polar surface area (TPSA) is 68.9 Å². The Morgan fingerprint density at radius 1 is 1.25 bits per heavy atom. The van der Waals surface area contributed by atoms with Gasteiger partial charge in [-0.1, -0.05) is 0 Å². The number of benzene rings is 1. The molecule has 1 fully saturated rings. The molecule has 0 bridgehead atoms. The molecule has 1 aliphatic rings. The van der Waals surface area contributed by atoms with Gasteiger partial charge in [0.15, 0.2) is 17.5 Å². The van der Waals surface area contributed by atoms with Crippen LogP contribution in [0.25, 0.3) is 0 Å². The Hall–Kier alpha value is -1.000. The van der Waals surface area contributed by atoms with Crippen LogP contribution in [0.4, 0.5) is 5.69 Å². The second kappa shape index (κ2) is 8.39. The lowest BCUT2D eigenvalue weighted by Gasteiger charge is -2.10. The van der Waals surface area contributed by atoms with Crippen molar-refractivity contribution in [3.63, 3.8) is 0 Å². The first-order valence-corrected chi connectivity index (χ1v) is 8.79. The number of ether oxygens (including phenoxy) is 2. The number of methoxy groups -OCH3 is 2. The molecule has 3 N–H and O–H groups in total. The number of anilines is 1. The Morgan fingerprint density at radius 2 is 2.00 bits per heavy atom. The highest BCUT2D eigenvalue weighted by molar-refractivity contribution is 14.0. The molecule has 130 valence electrons. The fourth-order valence-corrected chi connectivity index (χ4v) is 4.03. The number of thiophene rings is 1. The molecule has 0 spiro atoms. The molecule has 24 heavy (non-hydrogen) atoms. The van der Waals surface area contributed by atoms with Crippen molar-refractivity contribution in [3.8, 4) is 11.5 Å². The van der Waals surface area contributed by atoms with E-state index >= 15 is 0 Å². The highest BCUT2D eigenvalue weighted by Crippen LogP contribution is 2.46. The minimum absolute atomic E-state index is 0. The Kier molecular flexibility index (Phi) is 6.76. The maximum atomic E-state index is 6.02. The quantitative estimate of drug-likeness (QED) is 0.345. The average molecular weight is 524 g/mol. The Labute approximate surface area is 170 Å². The monoisotopic (exact) mass is 523 g/mol. The van der Waals surface area contributed by atoms with Crippen molar-refractivity contribution in [2.75, 3.05) is 19.5 Å². The van der Waals surface area contributed by atoms with E-state index in [1.54, 1.807) is 25.6 Å². The maximum absolute atomic E-state index is 6.02. The van der Waals surface area contributed by atoms with Gasteiger partial charge in [0, 0.05) is 22.5 Å². The van der Waals surface area contributed by atoms with Crippen LogP contribution in [-0.2, 0) is 0 Å². The molecule has 1 heterocycles. The summed E-state index contributed by atoms with van der Waals surface area (Å²) in [5, 5.41) is 3.10. The van der Waals surface area contributed by atoms with E-state index in [1.165, 1.54) is 4.88 Å². The summed E-state index contributed by atoms with van der Waals surface area (Å²) in [4.78, 5) is 5.90. The third-order valence-electron chi connectivity index (χ3n) is 3.68. The van der Waals surface area contributed by atoms with Gasteiger partial charge in [-0.05, 0) is 46.6 Å². The smallest absolute Gasteiger partial charge is 0.193 e. The summed E-state index contributed by atoms with van der Waals surface area (Å²) in [6.45, 7) is 0. The summed E-state index contributed by atoms with van der Waals surface area (Å²) in [5.41, 5.74) is 6.83. The van der Waals surface area contributed by atoms with E-state index in [0.717, 1.165) is 15.9 Å². The van der Waals surface area contributed by atoms with Crippen molar-refractivity contribution in [3.05, 3.63) is 39.0 Å². The van der Waals surface area contributed by atoms with Crippen LogP contribution in [0.3, 0.4) is 0 Å². The first-order chi connectivity index (χ1) is 11.1. The van der Waals surface area contributed by atoms with Crippen LogP contribution < -0.4 is 20.5 Å². The van der Waals surface area contributed by atoms with E-state index < -0.39 is 0 Å². The number of nitrogens with zero attached hydrogens (tertiary/aromatic N) is 1. The molecular formula is C16H19BrIN3O2S. The fourth-order valence-electron chi connectivity index (χ4n) is 2.43. The molecular weight excluding hydrogens is 505 g/mol. The number of nitrogens with one attached hydrogen (secondary N) is 1. The molecule has 1 aliphatic carbocycles. The summed E-state index contributed by atoms with van der Waals surface area (Å²) < 4.78 is 11.7. The molecule has 3 rings (SSSR count). The van der Waals surface area contributed by atoms with Crippen molar-refractivity contribution in [2.45, 2.75) is 18.4 Å². The average Bonchev–Trinajstić information content (AvgIpc) is 3.16. The van der Waals surface area contributed by atoms with Crippen molar-refractivity contribution < 1.29 is 9.47 Å². The summed E-state index contributed by atoms with van der Waals surface area (Å²) in [6.07, 6.45) is 1.04. The number of hydrogen-bond acceptors (Lipinski definition) is 4. The zero-order valence-corrected chi connectivity index (χ0v) is 18.0. The van der Waals surface area contributed by atoms with Crippen molar-refractivity contribution >= 4 is 62.9 Å². The minimum atomic E-state index is 0. The molecule has 8 heteroatoms. The van der Waals surface area contributed by atoms with Crippen LogP contribution in [0.1, 0.15) is 17.2 Å². The normalized spacial score (nSPS) is 19.4. The van der Waals surface area contributed by atoms with Gasteiger partial charge in [0.2, 0.25) is 0 Å². The molecule has 1 aromatic carbocycles. The van der Waals surface area contributed by atoms with Crippen molar-refractivity contribution in [2.24, 2.45) is 10.7 Å². The van der Waals surface area contributed by atoms with Gasteiger partial charge in [-0.15, -0.1) is 35.3 Å². The summed E-state index contributed by atoms with van der Waals surface area (Å²) in [5.74, 6) is 2.23. The minimum Gasteiger partial charge on any atom is -0.493 e. The molecule has 2 atom stereocenters. The highest BCUT2D eigenvalue weighted by Gasteiger charge is 2.39. The van der Waals surface area contributed by atoms with Crippen LogP contribution in [0.15, 0.2) is 39.1 Å². The van der Waals surface area contributed by atoms with E-state index in [4.69, 9.17) is 15.2 Å². The fraction of sp³-hybridized carbons (Fsp3) is 0.312. The summed E-state index contributed by atoms with van der Waals surface area (Å²) >= 11 is 5.25. The third kappa shape index (κ3) is 4.54. The predicted octanol–water partition coefficient (Wildman–Crippen LogP) is 4.43. The van der Waals surface area contributed by atoms with Crippen LogP contribution in [-0.4, -0.2) is 26.2 Å². The zero-order valence-electron chi connectivity index (χ0n) is 13.3. The number of rotatable bonds is 5. The van der Waals surface area contributed by atoms with E-state index in [1.807, 2.05) is 18.2 Å². The van der Waals surface area contributed by atoms with Crippen LogP contribution in [0.5, 0.6) is 11.5 Å². The maximum Gasteiger partial charge on any atom is 0.193 e. The second-order valence-corrected chi connectivity index (χ2v) is 7.76. The number of halogens is 2. The van der Waals surface area contributed by atoms with Crippen molar-refractivity contribution in [1.29, 1.82) is 0 Å². The Morgan fingerprint density at radius 3 is 2.62 bits per heavy atom. The molecule has 5 nitrogen and oxygen atoms in total. The van der Waals surface area contributed by atoms with Gasteiger partial charge in [-0.25, -0.2) is 4.99 Å². The third-order valence-corrected chi connectivity index (χ3v) is 5.43. The molecule has 2 aromatic rings. The standard InChI is InChI=1S/C16H18BrN3O2S.HI/c1-21-12-4-3-9(7-13(12)22-2)19-16(18)20-11-8-10(11)14-5-6-15(17)23-14;/h3-7,10-11H,8H2,1-2H3,(H3,18,19,20);1H/t10-,11-;/m1./s1. The van der Waals surface area contributed by atoms with Gasteiger partial charge in [0.05, 0.1) is 24.0 Å². The van der Waals surface area contributed by atoms with Crippen LogP contribution in [0, 0.1) is 0 Å². The van der Waals surface area contributed by atoms with Gasteiger partial charge >= 0.3 is 0 Å². The SMILES string of the molecule is COc1ccc(NC(N)=N[C@@H]2C[C@H]2c2ccc(Br)s2)cc1OC.I. The van der Waals surface area contributed by atoms with Crippen LogP contribution in [0.2, 0.25) is 0 Å². The van der Waals surface area contributed by atoms with E-state index in [2.05, 4.69) is 38.4 Å². The number of guanidine groups is 1. The summed E-state index contributed by atoms with van der Waals surface area (Å²) in [6, 6.07) is 10.0. The van der Waals surface area contributed by atoms with E-state index in [9.17, 15) is 0 Å². The largest absolute Gasteiger partial charge is 0.493 e. The Bertz CT molecular complexity index is 738. The van der Waals surface area contributed by atoms with Gasteiger partial charge in [-0.3, -0.25) is 0 Å². The molecule has 1 saturated carbocycles. The zero-order chi connectivity index (χ0) is 16.4. The molecule has 1 aromatic heterocycles. The molecule has 0 amide bonds. The lowest BCUT2D eigenvalue weighted by molar-refractivity contribution is 0.355. The van der Waals surface area contributed by atoms with Crippen molar-refractivity contribution in [1.82, 2.24) is 0 Å². The van der Waals surface area contributed by atoms with E-state index in [0.29, 0.717) is 23.4 Å². The first-order valence-electron chi connectivity index (χ1n) is 7.18. The molecule has 0 radical (unpaired) electrons. The predicted molar refractivity (Wildman–Crippen MR) is 113 cm³/mol.